The summed E-state index contributed by atoms with van der Waals surface area (Å²) in [5, 5.41) is 19.4. The second-order valence-electron chi connectivity index (χ2n) is 12.1. The van der Waals surface area contributed by atoms with Crippen molar-refractivity contribution in [2.24, 2.45) is 0 Å². The van der Waals surface area contributed by atoms with E-state index in [4.69, 9.17) is 0 Å². The molecule has 1 aromatic carbocycles. The summed E-state index contributed by atoms with van der Waals surface area (Å²) in [6, 6.07) is 5.27. The van der Waals surface area contributed by atoms with Crippen molar-refractivity contribution in [3.05, 3.63) is 23.8 Å². The molecule has 0 atom stereocenters. The summed E-state index contributed by atoms with van der Waals surface area (Å²) in [5.74, 6) is 0.0697. The Bertz CT molecular complexity index is 611. The molecule has 0 aromatic heterocycles. The van der Waals surface area contributed by atoms with Crippen LogP contribution in [0.25, 0.3) is 0 Å². The van der Waals surface area contributed by atoms with E-state index in [0.29, 0.717) is 0 Å². The summed E-state index contributed by atoms with van der Waals surface area (Å²) in [6.45, 7) is 2.30. The topological polar surface area (TPSA) is 40.5 Å². The molecule has 2 heteroatoms. The number of phenolic OH excluding ortho intramolecular Hbond substituents is 2. The number of hydrogen-bond donors (Lipinski definition) is 2. The number of benzene rings is 1. The van der Waals surface area contributed by atoms with Gasteiger partial charge in [-0.1, -0.05) is 192 Å². The Morgan fingerprint density at radius 3 is 1.00 bits per heavy atom. The molecule has 0 aliphatic rings. The first-order valence-electron chi connectivity index (χ1n) is 17.3. The number of rotatable bonds is 29. The number of para-hydroxylation sites is 1. The zero-order chi connectivity index (χ0) is 27.4. The normalized spacial score (nSPS) is 11.4. The van der Waals surface area contributed by atoms with Crippen LogP contribution in [-0.2, 0) is 6.42 Å². The molecule has 0 amide bonds. The third kappa shape index (κ3) is 21.7. The molecular formula is C36H66O2. The van der Waals surface area contributed by atoms with Crippen LogP contribution in [0, 0.1) is 0 Å². The van der Waals surface area contributed by atoms with E-state index in [9.17, 15) is 10.2 Å². The number of aryl methyl sites for hydroxylation is 1. The fraction of sp³-hybridized carbons (Fsp3) is 0.833. The van der Waals surface area contributed by atoms with Gasteiger partial charge in [-0.15, -0.1) is 0 Å². The van der Waals surface area contributed by atoms with Crippen molar-refractivity contribution in [3.63, 3.8) is 0 Å². The summed E-state index contributed by atoms with van der Waals surface area (Å²) in [4.78, 5) is 0. The van der Waals surface area contributed by atoms with Crippen molar-refractivity contribution in [2.45, 2.75) is 193 Å². The zero-order valence-corrected chi connectivity index (χ0v) is 25.6. The van der Waals surface area contributed by atoms with Crippen LogP contribution >= 0.6 is 0 Å². The first kappa shape index (κ1) is 34.8. The maximum atomic E-state index is 9.85. The molecule has 0 saturated heterocycles. The highest BCUT2D eigenvalue weighted by molar-refractivity contribution is 5.44. The molecule has 2 N–H and O–H groups in total. The highest BCUT2D eigenvalue weighted by atomic mass is 16.3. The van der Waals surface area contributed by atoms with Crippen LogP contribution in [0.5, 0.6) is 11.5 Å². The molecule has 1 rings (SSSR count). The summed E-state index contributed by atoms with van der Waals surface area (Å²) in [5.41, 5.74) is 0.875. The van der Waals surface area contributed by atoms with Crippen LogP contribution in [0.1, 0.15) is 192 Å². The fourth-order valence-electron chi connectivity index (χ4n) is 5.76. The predicted octanol–water partition coefficient (Wildman–Crippen LogP) is 12.6. The molecule has 0 bridgehead atoms. The zero-order valence-electron chi connectivity index (χ0n) is 25.6. The van der Waals surface area contributed by atoms with Gasteiger partial charge in [-0.05, 0) is 24.5 Å². The van der Waals surface area contributed by atoms with Gasteiger partial charge in [0.25, 0.3) is 0 Å². The van der Waals surface area contributed by atoms with Crippen LogP contribution in [0.3, 0.4) is 0 Å². The van der Waals surface area contributed by atoms with E-state index < -0.39 is 0 Å². The van der Waals surface area contributed by atoms with Gasteiger partial charge >= 0.3 is 0 Å². The Labute approximate surface area is 238 Å². The predicted molar refractivity (Wildman–Crippen MR) is 168 cm³/mol. The lowest BCUT2D eigenvalue weighted by molar-refractivity contribution is 0.398. The van der Waals surface area contributed by atoms with E-state index in [2.05, 4.69) is 6.92 Å². The highest BCUT2D eigenvalue weighted by Gasteiger charge is 2.05. The minimum atomic E-state index is 0.00252. The van der Waals surface area contributed by atoms with Gasteiger partial charge in [-0.3, -0.25) is 0 Å². The van der Waals surface area contributed by atoms with Gasteiger partial charge < -0.3 is 10.2 Å². The minimum Gasteiger partial charge on any atom is -0.504 e. The summed E-state index contributed by atoms with van der Waals surface area (Å²) >= 11 is 0. The van der Waals surface area contributed by atoms with E-state index >= 15 is 0 Å². The third-order valence-electron chi connectivity index (χ3n) is 8.40. The lowest BCUT2D eigenvalue weighted by atomic mass is 10.0. The van der Waals surface area contributed by atoms with Crippen molar-refractivity contribution in [2.75, 3.05) is 0 Å². The van der Waals surface area contributed by atoms with Gasteiger partial charge in [0.05, 0.1) is 0 Å². The van der Waals surface area contributed by atoms with Gasteiger partial charge in [0.2, 0.25) is 0 Å². The number of phenols is 2. The Kier molecular flexibility index (Phi) is 25.1. The summed E-state index contributed by atoms with van der Waals surface area (Å²) in [6.07, 6.45) is 40.6. The maximum absolute atomic E-state index is 9.85. The smallest absolute Gasteiger partial charge is 0.160 e. The lowest BCUT2D eigenvalue weighted by Gasteiger charge is -2.06. The van der Waals surface area contributed by atoms with Gasteiger partial charge in [-0.2, -0.15) is 0 Å². The molecule has 0 spiro atoms. The first-order valence-corrected chi connectivity index (χ1v) is 17.3. The van der Waals surface area contributed by atoms with Crippen molar-refractivity contribution < 1.29 is 10.2 Å². The van der Waals surface area contributed by atoms with Crippen molar-refractivity contribution in [1.29, 1.82) is 0 Å². The molecule has 0 radical (unpaired) electrons. The Balaban J connectivity index is 1.67. The molecular weight excluding hydrogens is 464 g/mol. The van der Waals surface area contributed by atoms with E-state index in [0.717, 1.165) is 18.4 Å². The summed E-state index contributed by atoms with van der Waals surface area (Å²) < 4.78 is 0. The highest BCUT2D eigenvalue weighted by Crippen LogP contribution is 2.29. The Morgan fingerprint density at radius 2 is 0.684 bits per heavy atom. The second kappa shape index (κ2) is 27.4. The van der Waals surface area contributed by atoms with Crippen LogP contribution in [0.2, 0.25) is 0 Å². The average Bonchev–Trinajstić information content (AvgIpc) is 2.92. The molecule has 0 saturated carbocycles. The molecule has 0 aliphatic carbocycles. The molecule has 0 fully saturated rings. The number of unbranched alkanes of at least 4 members (excludes halogenated alkanes) is 27. The fourth-order valence-corrected chi connectivity index (χ4v) is 5.76. The van der Waals surface area contributed by atoms with Gasteiger partial charge in [0, 0.05) is 0 Å². The van der Waals surface area contributed by atoms with Crippen molar-refractivity contribution >= 4 is 0 Å². The maximum Gasteiger partial charge on any atom is 0.160 e. The Morgan fingerprint density at radius 1 is 0.395 bits per heavy atom. The standard InChI is InChI=1S/C36H66O2/c1-2-3-4-5-6-7-8-9-10-11-12-13-14-15-16-17-18-19-20-21-22-23-24-25-26-27-28-29-31-34-32-30-33-35(37)36(34)38/h30,32-33,37-38H,2-29,31H2,1H3. The van der Waals surface area contributed by atoms with Crippen LogP contribution in [0.15, 0.2) is 18.2 Å². The molecule has 38 heavy (non-hydrogen) atoms. The van der Waals surface area contributed by atoms with Gasteiger partial charge in [0.15, 0.2) is 11.5 Å². The SMILES string of the molecule is CCCCCCCCCCCCCCCCCCCCCCCCCCCCCCc1cccc(O)c1O. The van der Waals surface area contributed by atoms with Crippen molar-refractivity contribution in [3.8, 4) is 11.5 Å². The molecule has 1 aromatic rings. The van der Waals surface area contributed by atoms with Crippen LogP contribution in [0.4, 0.5) is 0 Å². The number of aromatic hydroxyl groups is 2. The van der Waals surface area contributed by atoms with E-state index in [-0.39, 0.29) is 11.5 Å². The quantitative estimate of drug-likeness (QED) is 0.0798. The Hall–Kier alpha value is -1.18. The van der Waals surface area contributed by atoms with Gasteiger partial charge in [-0.25, -0.2) is 0 Å². The lowest BCUT2D eigenvalue weighted by Crippen LogP contribution is -1.88. The number of hydrogen-bond acceptors (Lipinski definition) is 2. The van der Waals surface area contributed by atoms with E-state index in [1.165, 1.54) is 173 Å². The molecule has 2 nitrogen and oxygen atoms in total. The minimum absolute atomic E-state index is 0.00252. The molecule has 0 heterocycles. The largest absolute Gasteiger partial charge is 0.504 e. The average molecular weight is 531 g/mol. The third-order valence-corrected chi connectivity index (χ3v) is 8.40. The molecule has 222 valence electrons. The summed E-state index contributed by atoms with van der Waals surface area (Å²) in [7, 11) is 0. The van der Waals surface area contributed by atoms with Crippen LogP contribution in [-0.4, -0.2) is 10.2 Å². The van der Waals surface area contributed by atoms with Crippen molar-refractivity contribution in [1.82, 2.24) is 0 Å². The van der Waals surface area contributed by atoms with Gasteiger partial charge in [0.1, 0.15) is 0 Å². The monoisotopic (exact) mass is 531 g/mol. The van der Waals surface area contributed by atoms with E-state index in [1.807, 2.05) is 12.1 Å². The molecule has 0 aliphatic heterocycles. The van der Waals surface area contributed by atoms with Crippen LogP contribution < -0.4 is 0 Å². The van der Waals surface area contributed by atoms with E-state index in [1.54, 1.807) is 6.07 Å². The molecule has 0 unspecified atom stereocenters. The second-order valence-corrected chi connectivity index (χ2v) is 12.1. The first-order chi connectivity index (χ1) is 18.8.